The fraction of sp³-hybridized carbons (Fsp3) is 0.545. The molecule has 1 spiro atoms. The number of amides is 1. The Balaban J connectivity index is 1.37. The van der Waals surface area contributed by atoms with Gasteiger partial charge < -0.3 is 19.5 Å². The first-order valence-corrected chi connectivity index (χ1v) is 10.3. The number of carbonyl (C=O) groups excluding carboxylic acids is 1. The van der Waals surface area contributed by atoms with Gasteiger partial charge in [0, 0.05) is 50.6 Å². The Morgan fingerprint density at radius 1 is 1.36 bits per heavy atom. The van der Waals surface area contributed by atoms with Crippen LogP contribution in [0.15, 0.2) is 36.7 Å². The first-order valence-electron chi connectivity index (χ1n) is 10.3. The number of ether oxygens (including phenoxy) is 1. The summed E-state index contributed by atoms with van der Waals surface area (Å²) in [5, 5.41) is 3.56. The predicted molar refractivity (Wildman–Crippen MR) is 108 cm³/mol. The first-order chi connectivity index (χ1) is 13.6. The number of fused-ring (bicyclic) bond motifs is 1. The fourth-order valence-corrected chi connectivity index (χ4v) is 4.50. The highest BCUT2D eigenvalue weighted by Gasteiger charge is 2.40. The van der Waals surface area contributed by atoms with E-state index in [1.807, 2.05) is 28.8 Å². The molecule has 1 saturated carbocycles. The summed E-state index contributed by atoms with van der Waals surface area (Å²) in [7, 11) is 1.94. The van der Waals surface area contributed by atoms with Gasteiger partial charge in [0.15, 0.2) is 0 Å². The number of aryl methyl sites for hydroxylation is 1. The SMILES string of the molecule is CCc1nccn1CC(=O)N(C)C1CCC2(CC1)CNCc1ccccc1O2. The predicted octanol–water partition coefficient (Wildman–Crippen LogP) is 2.77. The molecule has 1 aliphatic carbocycles. The molecule has 1 N–H and O–H groups in total. The van der Waals surface area contributed by atoms with E-state index in [1.165, 1.54) is 5.56 Å². The van der Waals surface area contributed by atoms with Crippen molar-refractivity contribution >= 4 is 5.91 Å². The quantitative estimate of drug-likeness (QED) is 0.883. The zero-order valence-electron chi connectivity index (χ0n) is 16.9. The van der Waals surface area contributed by atoms with Gasteiger partial charge in [0.1, 0.15) is 23.7 Å². The molecule has 1 fully saturated rings. The van der Waals surface area contributed by atoms with E-state index in [-0.39, 0.29) is 17.6 Å². The van der Waals surface area contributed by atoms with E-state index in [9.17, 15) is 4.79 Å². The van der Waals surface area contributed by atoms with Crippen molar-refractivity contribution in [2.75, 3.05) is 13.6 Å². The van der Waals surface area contributed by atoms with E-state index in [0.717, 1.165) is 56.8 Å². The molecular weight excluding hydrogens is 352 g/mol. The third-order valence-electron chi connectivity index (χ3n) is 6.29. The van der Waals surface area contributed by atoms with Crippen LogP contribution in [0.4, 0.5) is 0 Å². The Bertz CT molecular complexity index is 823. The molecule has 0 radical (unpaired) electrons. The lowest BCUT2D eigenvalue weighted by atomic mass is 9.81. The molecule has 2 aliphatic rings. The molecule has 4 rings (SSSR count). The number of hydrogen-bond donors (Lipinski definition) is 1. The number of nitrogens with zero attached hydrogens (tertiary/aromatic N) is 3. The number of benzene rings is 1. The number of para-hydroxylation sites is 1. The lowest BCUT2D eigenvalue weighted by molar-refractivity contribution is -0.134. The van der Waals surface area contributed by atoms with Gasteiger partial charge in [-0.1, -0.05) is 25.1 Å². The summed E-state index contributed by atoms with van der Waals surface area (Å²) in [4.78, 5) is 19.0. The monoisotopic (exact) mass is 382 g/mol. The smallest absolute Gasteiger partial charge is 0.242 e. The van der Waals surface area contributed by atoms with Crippen molar-refractivity contribution in [3.63, 3.8) is 0 Å². The highest BCUT2D eigenvalue weighted by Crippen LogP contribution is 2.37. The number of rotatable bonds is 4. The van der Waals surface area contributed by atoms with Gasteiger partial charge in [0.2, 0.25) is 5.91 Å². The third kappa shape index (κ3) is 3.78. The van der Waals surface area contributed by atoms with E-state index < -0.39 is 0 Å². The average Bonchev–Trinajstić information content (AvgIpc) is 3.08. The maximum absolute atomic E-state index is 12.8. The Morgan fingerprint density at radius 2 is 2.14 bits per heavy atom. The van der Waals surface area contributed by atoms with Crippen molar-refractivity contribution in [3.8, 4) is 5.75 Å². The number of aromatic nitrogens is 2. The highest BCUT2D eigenvalue weighted by molar-refractivity contribution is 5.76. The van der Waals surface area contributed by atoms with Crippen molar-refractivity contribution in [1.82, 2.24) is 19.8 Å². The van der Waals surface area contributed by atoms with Gasteiger partial charge in [-0.2, -0.15) is 0 Å². The maximum Gasteiger partial charge on any atom is 0.242 e. The van der Waals surface area contributed by atoms with E-state index >= 15 is 0 Å². The molecule has 150 valence electrons. The summed E-state index contributed by atoms with van der Waals surface area (Å²) < 4.78 is 8.47. The Morgan fingerprint density at radius 3 is 2.93 bits per heavy atom. The number of likely N-dealkylation sites (N-methyl/N-ethyl adjacent to an activating group) is 1. The van der Waals surface area contributed by atoms with Crippen molar-refractivity contribution < 1.29 is 9.53 Å². The normalized spacial score (nSPS) is 24.3. The lowest BCUT2D eigenvalue weighted by Crippen LogP contribution is -2.51. The molecule has 6 nitrogen and oxygen atoms in total. The van der Waals surface area contributed by atoms with Gasteiger partial charge in [0.25, 0.3) is 0 Å². The van der Waals surface area contributed by atoms with Crippen LogP contribution in [0.3, 0.4) is 0 Å². The van der Waals surface area contributed by atoms with Crippen LogP contribution < -0.4 is 10.1 Å². The van der Waals surface area contributed by atoms with Crippen molar-refractivity contribution in [2.24, 2.45) is 0 Å². The second kappa shape index (κ2) is 7.95. The largest absolute Gasteiger partial charge is 0.486 e. The molecule has 0 atom stereocenters. The van der Waals surface area contributed by atoms with E-state index in [2.05, 4.69) is 35.4 Å². The summed E-state index contributed by atoms with van der Waals surface area (Å²) in [5.74, 6) is 2.11. The van der Waals surface area contributed by atoms with Crippen LogP contribution in [0, 0.1) is 0 Å². The molecule has 0 unspecified atom stereocenters. The molecule has 6 heteroatoms. The zero-order chi connectivity index (χ0) is 19.6. The molecule has 0 saturated heterocycles. The Labute approximate surface area is 166 Å². The van der Waals surface area contributed by atoms with Crippen molar-refractivity contribution in [1.29, 1.82) is 0 Å². The summed E-state index contributed by atoms with van der Waals surface area (Å²) >= 11 is 0. The lowest BCUT2D eigenvalue weighted by Gasteiger charge is -2.42. The Kier molecular flexibility index (Phi) is 5.40. The van der Waals surface area contributed by atoms with Crippen molar-refractivity contribution in [3.05, 3.63) is 48.0 Å². The van der Waals surface area contributed by atoms with Gasteiger partial charge in [0.05, 0.1) is 0 Å². The second-order valence-corrected chi connectivity index (χ2v) is 8.06. The summed E-state index contributed by atoms with van der Waals surface area (Å²) in [6, 6.07) is 8.57. The number of carbonyl (C=O) groups is 1. The molecule has 1 aromatic carbocycles. The van der Waals surface area contributed by atoms with Crippen LogP contribution in [-0.4, -0.2) is 45.6 Å². The molecule has 2 heterocycles. The molecule has 0 bridgehead atoms. The fourth-order valence-electron chi connectivity index (χ4n) is 4.50. The maximum atomic E-state index is 12.8. The van der Waals surface area contributed by atoms with E-state index in [4.69, 9.17) is 4.74 Å². The van der Waals surface area contributed by atoms with E-state index in [1.54, 1.807) is 6.20 Å². The number of hydrogen-bond acceptors (Lipinski definition) is 4. The van der Waals surface area contributed by atoms with Gasteiger partial charge in [-0.15, -0.1) is 0 Å². The molecule has 2 aromatic rings. The molecular formula is C22H30N4O2. The van der Waals surface area contributed by atoms with Crippen LogP contribution in [0.1, 0.15) is 44.0 Å². The van der Waals surface area contributed by atoms with Crippen LogP contribution in [0.2, 0.25) is 0 Å². The number of nitrogens with one attached hydrogen (secondary N) is 1. The topological polar surface area (TPSA) is 59.4 Å². The first kappa shape index (κ1) is 19.0. The molecule has 1 aromatic heterocycles. The van der Waals surface area contributed by atoms with Crippen molar-refractivity contribution in [2.45, 2.75) is 63.8 Å². The van der Waals surface area contributed by atoms with Crippen LogP contribution in [0.5, 0.6) is 5.75 Å². The van der Waals surface area contributed by atoms with Gasteiger partial charge in [-0.3, -0.25) is 4.79 Å². The second-order valence-electron chi connectivity index (χ2n) is 8.06. The Hall–Kier alpha value is -2.34. The van der Waals surface area contributed by atoms with Gasteiger partial charge in [-0.25, -0.2) is 4.98 Å². The molecule has 1 aliphatic heterocycles. The summed E-state index contributed by atoms with van der Waals surface area (Å²) in [6.07, 6.45) is 8.35. The summed E-state index contributed by atoms with van der Waals surface area (Å²) in [6.45, 7) is 4.14. The minimum Gasteiger partial charge on any atom is -0.486 e. The zero-order valence-corrected chi connectivity index (χ0v) is 16.9. The van der Waals surface area contributed by atoms with Gasteiger partial charge >= 0.3 is 0 Å². The molecule has 1 amide bonds. The van der Waals surface area contributed by atoms with Crippen LogP contribution in [0.25, 0.3) is 0 Å². The minimum atomic E-state index is -0.160. The number of imidazole rings is 1. The summed E-state index contributed by atoms with van der Waals surface area (Å²) in [5.41, 5.74) is 1.06. The average molecular weight is 383 g/mol. The van der Waals surface area contributed by atoms with Crippen LogP contribution in [-0.2, 0) is 24.3 Å². The van der Waals surface area contributed by atoms with Gasteiger partial charge in [-0.05, 0) is 31.7 Å². The van der Waals surface area contributed by atoms with Crippen LogP contribution >= 0.6 is 0 Å². The standard InChI is InChI=1S/C22H30N4O2/c1-3-20-24-12-13-26(20)15-21(27)25(2)18-8-10-22(11-9-18)16-23-14-17-6-4-5-7-19(17)28-22/h4-7,12-13,18,23H,3,8-11,14-16H2,1-2H3. The van der Waals surface area contributed by atoms with E-state index in [0.29, 0.717) is 6.54 Å². The minimum absolute atomic E-state index is 0.152. The highest BCUT2D eigenvalue weighted by atomic mass is 16.5. The molecule has 28 heavy (non-hydrogen) atoms. The third-order valence-corrected chi connectivity index (χ3v) is 6.29.